The van der Waals surface area contributed by atoms with Gasteiger partial charge in [-0.05, 0) is 64.9 Å². The molecule has 2 aromatic rings. The molecule has 2 N–H and O–H groups in total. The van der Waals surface area contributed by atoms with Gasteiger partial charge in [0.25, 0.3) is 11.8 Å². The van der Waals surface area contributed by atoms with E-state index in [1.165, 1.54) is 12.1 Å². The number of nitro benzene ring substituents is 1. The number of rotatable bonds is 5. The van der Waals surface area contributed by atoms with Crippen molar-refractivity contribution in [2.45, 2.75) is 6.92 Å². The largest absolute Gasteiger partial charge is 0.501 e. The van der Waals surface area contributed by atoms with Gasteiger partial charge >= 0.3 is 5.69 Å². The van der Waals surface area contributed by atoms with Gasteiger partial charge in [0.2, 0.25) is 5.75 Å². The molecule has 2 aromatic carbocycles. The number of nitro groups is 1. The third-order valence-corrected chi connectivity index (χ3v) is 4.95. The van der Waals surface area contributed by atoms with Crippen LogP contribution in [0.2, 0.25) is 0 Å². The molecule has 3 rings (SSSR count). The van der Waals surface area contributed by atoms with E-state index >= 15 is 0 Å². The summed E-state index contributed by atoms with van der Waals surface area (Å²) in [5.41, 5.74) is -0.297. The van der Waals surface area contributed by atoms with E-state index in [1.54, 1.807) is 24.3 Å². The molecule has 1 saturated heterocycles. The second kappa shape index (κ2) is 8.59. The average Bonchev–Trinajstić information content (AvgIpc) is 2.68. The topological polar surface area (TPSA) is 122 Å². The van der Waals surface area contributed by atoms with Crippen molar-refractivity contribution in [1.29, 1.82) is 0 Å². The van der Waals surface area contributed by atoms with Crippen LogP contribution in [-0.2, 0) is 9.59 Å². The lowest BCUT2D eigenvalue weighted by atomic mass is 10.1. The second-order valence-electron chi connectivity index (χ2n) is 6.02. The van der Waals surface area contributed by atoms with E-state index in [1.807, 2.05) is 6.92 Å². The minimum Gasteiger partial charge on any atom is -0.501 e. The Morgan fingerprint density at radius 3 is 2.73 bits per heavy atom. The van der Waals surface area contributed by atoms with Gasteiger partial charge in [0, 0.05) is 12.1 Å². The van der Waals surface area contributed by atoms with Crippen molar-refractivity contribution in [3.63, 3.8) is 0 Å². The molecule has 1 aliphatic heterocycles. The molecule has 154 valence electrons. The Hall–Kier alpha value is -3.31. The smallest absolute Gasteiger partial charge is 0.312 e. The molecule has 9 nitrogen and oxygen atoms in total. The number of hydrogen-bond acceptors (Lipinski definition) is 7. The molecular formula is C19H14BrN3O6S. The van der Waals surface area contributed by atoms with Crippen LogP contribution in [0.3, 0.4) is 0 Å². The average molecular weight is 492 g/mol. The number of thiocarbonyl (C=S) groups is 1. The first-order valence-corrected chi connectivity index (χ1v) is 9.74. The molecule has 0 unspecified atom stereocenters. The Labute approximate surface area is 184 Å². The van der Waals surface area contributed by atoms with Crippen molar-refractivity contribution in [2.24, 2.45) is 0 Å². The first kappa shape index (κ1) is 21.4. The number of carbonyl (C=O) groups is 2. The van der Waals surface area contributed by atoms with Crippen LogP contribution >= 0.6 is 28.1 Å². The minimum absolute atomic E-state index is 0.0454. The summed E-state index contributed by atoms with van der Waals surface area (Å²) in [6.07, 6.45) is 1.19. The molecule has 1 fully saturated rings. The first-order chi connectivity index (χ1) is 14.2. The molecule has 30 heavy (non-hydrogen) atoms. The number of anilines is 1. The van der Waals surface area contributed by atoms with Crippen LogP contribution in [0.1, 0.15) is 12.5 Å². The highest BCUT2D eigenvalue weighted by Crippen LogP contribution is 2.36. The first-order valence-electron chi connectivity index (χ1n) is 8.54. The van der Waals surface area contributed by atoms with Crippen LogP contribution in [0.25, 0.3) is 6.08 Å². The van der Waals surface area contributed by atoms with Crippen LogP contribution in [-0.4, -0.2) is 33.6 Å². The van der Waals surface area contributed by atoms with Crippen molar-refractivity contribution in [1.82, 2.24) is 5.32 Å². The van der Waals surface area contributed by atoms with Crippen LogP contribution in [0, 0.1) is 10.1 Å². The van der Waals surface area contributed by atoms with E-state index in [0.717, 1.165) is 11.0 Å². The van der Waals surface area contributed by atoms with Crippen LogP contribution in [0.15, 0.2) is 46.4 Å². The number of benzene rings is 2. The number of hydrogen-bond donors (Lipinski definition) is 2. The van der Waals surface area contributed by atoms with Crippen LogP contribution in [0.4, 0.5) is 11.4 Å². The fraction of sp³-hybridized carbons (Fsp3) is 0.105. The van der Waals surface area contributed by atoms with Crippen LogP contribution in [0.5, 0.6) is 11.5 Å². The zero-order valence-electron chi connectivity index (χ0n) is 15.4. The lowest BCUT2D eigenvalue weighted by molar-refractivity contribution is -0.386. The SMILES string of the molecule is CCOc1cccc(N2C(=O)/C(=C/c3cc(Br)c(O)c([N+](=O)[O-])c3)C(=O)NC2=S)c1. The molecule has 0 saturated carbocycles. The number of amides is 2. The van der Waals surface area contributed by atoms with Gasteiger partial charge in [-0.2, -0.15) is 0 Å². The summed E-state index contributed by atoms with van der Waals surface area (Å²) in [4.78, 5) is 37.0. The maximum Gasteiger partial charge on any atom is 0.312 e. The summed E-state index contributed by atoms with van der Waals surface area (Å²) in [6.45, 7) is 2.25. The van der Waals surface area contributed by atoms with E-state index in [4.69, 9.17) is 17.0 Å². The van der Waals surface area contributed by atoms with E-state index in [2.05, 4.69) is 21.2 Å². The zero-order valence-corrected chi connectivity index (χ0v) is 17.8. The summed E-state index contributed by atoms with van der Waals surface area (Å²) >= 11 is 8.18. The van der Waals surface area contributed by atoms with Gasteiger partial charge in [0.05, 0.1) is 21.7 Å². The number of halogens is 1. The number of ether oxygens (including phenoxy) is 1. The monoisotopic (exact) mass is 491 g/mol. The van der Waals surface area contributed by atoms with Crippen molar-refractivity contribution >= 4 is 62.5 Å². The van der Waals surface area contributed by atoms with E-state index < -0.39 is 28.2 Å². The highest BCUT2D eigenvalue weighted by Gasteiger charge is 2.35. The highest BCUT2D eigenvalue weighted by molar-refractivity contribution is 9.10. The van der Waals surface area contributed by atoms with Gasteiger partial charge in [-0.25, -0.2) is 0 Å². The Bertz CT molecular complexity index is 1120. The summed E-state index contributed by atoms with van der Waals surface area (Å²) in [7, 11) is 0. The van der Waals surface area contributed by atoms with Gasteiger partial charge in [-0.15, -0.1) is 0 Å². The number of phenolic OH excluding ortho intramolecular Hbond substituents is 1. The normalized spacial score (nSPS) is 15.3. The summed E-state index contributed by atoms with van der Waals surface area (Å²) in [5.74, 6) is -1.48. The molecule has 2 amide bonds. The van der Waals surface area contributed by atoms with Gasteiger partial charge in [-0.3, -0.25) is 29.9 Å². The predicted octanol–water partition coefficient (Wildman–Crippen LogP) is 3.29. The van der Waals surface area contributed by atoms with Crippen LogP contribution < -0.4 is 15.0 Å². The lowest BCUT2D eigenvalue weighted by Gasteiger charge is -2.29. The van der Waals surface area contributed by atoms with Gasteiger partial charge < -0.3 is 9.84 Å². The molecule has 0 bridgehead atoms. The Morgan fingerprint density at radius 1 is 1.33 bits per heavy atom. The molecule has 0 atom stereocenters. The fourth-order valence-electron chi connectivity index (χ4n) is 2.77. The molecule has 1 aliphatic rings. The van der Waals surface area contributed by atoms with Gasteiger partial charge in [-0.1, -0.05) is 6.07 Å². The fourth-order valence-corrected chi connectivity index (χ4v) is 3.51. The maximum atomic E-state index is 13.1. The molecule has 0 spiro atoms. The molecule has 1 heterocycles. The van der Waals surface area contributed by atoms with E-state index in [-0.39, 0.29) is 20.7 Å². The van der Waals surface area contributed by atoms with Gasteiger partial charge in [0.1, 0.15) is 11.3 Å². The summed E-state index contributed by atoms with van der Waals surface area (Å²) < 4.78 is 5.48. The molecule has 11 heteroatoms. The summed E-state index contributed by atoms with van der Waals surface area (Å²) in [6, 6.07) is 9.03. The zero-order chi connectivity index (χ0) is 22.0. The Kier molecular flexibility index (Phi) is 6.13. The van der Waals surface area contributed by atoms with Crippen molar-refractivity contribution in [2.75, 3.05) is 11.5 Å². The minimum atomic E-state index is -0.772. The van der Waals surface area contributed by atoms with Gasteiger partial charge in [0.15, 0.2) is 5.11 Å². The molecule has 0 aliphatic carbocycles. The summed E-state index contributed by atoms with van der Waals surface area (Å²) in [5, 5.41) is 23.3. The number of carbonyl (C=O) groups excluding carboxylic acids is 2. The highest BCUT2D eigenvalue weighted by atomic mass is 79.9. The standard InChI is InChI=1S/C19H14BrN3O6S/c1-2-29-12-5-3-4-11(9-12)22-18(26)13(17(25)21-19(22)30)6-10-7-14(20)16(24)15(8-10)23(27)28/h3-9,24H,2H2,1H3,(H,21,25,30)/b13-6+. The quantitative estimate of drug-likeness (QED) is 0.216. The third-order valence-electron chi connectivity index (χ3n) is 4.06. The predicted molar refractivity (Wildman–Crippen MR) is 116 cm³/mol. The Morgan fingerprint density at radius 2 is 2.07 bits per heavy atom. The van der Waals surface area contributed by atoms with Crippen molar-refractivity contribution in [3.8, 4) is 11.5 Å². The molecular weight excluding hydrogens is 478 g/mol. The lowest BCUT2D eigenvalue weighted by Crippen LogP contribution is -2.54. The van der Waals surface area contributed by atoms with E-state index in [0.29, 0.717) is 18.0 Å². The van der Waals surface area contributed by atoms with E-state index in [9.17, 15) is 24.8 Å². The second-order valence-corrected chi connectivity index (χ2v) is 7.26. The number of aromatic hydroxyl groups is 1. The number of nitrogens with one attached hydrogen (secondary N) is 1. The molecule has 0 aromatic heterocycles. The Balaban J connectivity index is 2.05. The third kappa shape index (κ3) is 4.16. The van der Waals surface area contributed by atoms with Crippen molar-refractivity contribution < 1.29 is 24.4 Å². The maximum absolute atomic E-state index is 13.1. The van der Waals surface area contributed by atoms with Crippen molar-refractivity contribution in [3.05, 3.63) is 62.1 Å². The number of nitrogens with zero attached hydrogens (tertiary/aromatic N) is 2. The molecule has 0 radical (unpaired) electrons. The number of phenols is 1.